The first kappa shape index (κ1) is 10.7. The number of imidazole rings is 1. The minimum atomic E-state index is -0.353. The zero-order chi connectivity index (χ0) is 10.6. The van der Waals surface area contributed by atoms with Gasteiger partial charge in [0.2, 0.25) is 0 Å². The maximum absolute atomic E-state index is 11.4. The number of likely N-dealkylation sites (N-methyl/N-ethyl adjacent to an activating group) is 1. The average molecular weight is 197 g/mol. The number of carbonyl (C=O) groups is 1. The van der Waals surface area contributed by atoms with Crippen LogP contribution in [-0.2, 0) is 9.53 Å². The van der Waals surface area contributed by atoms with Gasteiger partial charge in [-0.05, 0) is 14.0 Å². The van der Waals surface area contributed by atoms with E-state index >= 15 is 0 Å². The molecule has 5 heteroatoms. The summed E-state index contributed by atoms with van der Waals surface area (Å²) in [6, 6.07) is -0.371. The van der Waals surface area contributed by atoms with Gasteiger partial charge >= 0.3 is 5.97 Å². The fourth-order valence-electron chi connectivity index (χ4n) is 1.37. The molecule has 5 nitrogen and oxygen atoms in total. The molecular formula is C9H15N3O2. The number of rotatable bonds is 4. The van der Waals surface area contributed by atoms with E-state index < -0.39 is 0 Å². The van der Waals surface area contributed by atoms with E-state index in [2.05, 4.69) is 15.0 Å². The van der Waals surface area contributed by atoms with Crippen LogP contribution < -0.4 is 5.32 Å². The number of carbonyl (C=O) groups excluding carboxylic acids is 1. The third-order valence-electron chi connectivity index (χ3n) is 2.24. The van der Waals surface area contributed by atoms with E-state index in [1.165, 1.54) is 7.11 Å². The SMILES string of the molecule is CNC(C(=O)OC)C(C)n1ccnc1. The van der Waals surface area contributed by atoms with Gasteiger partial charge in [-0.25, -0.2) is 4.98 Å². The number of hydrogen-bond donors (Lipinski definition) is 1. The zero-order valence-corrected chi connectivity index (χ0v) is 8.60. The molecule has 0 fully saturated rings. The molecule has 2 atom stereocenters. The molecule has 0 aromatic carbocycles. The Labute approximate surface area is 83.1 Å². The lowest BCUT2D eigenvalue weighted by Gasteiger charge is -2.21. The Morgan fingerprint density at radius 2 is 2.36 bits per heavy atom. The number of hydrogen-bond acceptors (Lipinski definition) is 4. The van der Waals surface area contributed by atoms with Crippen LogP contribution in [0, 0.1) is 0 Å². The lowest BCUT2D eigenvalue weighted by molar-refractivity contribution is -0.144. The third-order valence-corrected chi connectivity index (χ3v) is 2.24. The fourth-order valence-corrected chi connectivity index (χ4v) is 1.37. The van der Waals surface area contributed by atoms with E-state index in [0.29, 0.717) is 0 Å². The summed E-state index contributed by atoms with van der Waals surface area (Å²) in [4.78, 5) is 15.3. The van der Waals surface area contributed by atoms with Crippen LogP contribution in [0.2, 0.25) is 0 Å². The normalized spacial score (nSPS) is 14.8. The van der Waals surface area contributed by atoms with Gasteiger partial charge in [0, 0.05) is 12.4 Å². The van der Waals surface area contributed by atoms with Crippen LogP contribution in [0.1, 0.15) is 13.0 Å². The van der Waals surface area contributed by atoms with Crippen molar-refractivity contribution >= 4 is 5.97 Å². The van der Waals surface area contributed by atoms with Crippen LogP contribution in [0.5, 0.6) is 0 Å². The van der Waals surface area contributed by atoms with Crippen molar-refractivity contribution in [2.75, 3.05) is 14.2 Å². The van der Waals surface area contributed by atoms with Crippen molar-refractivity contribution in [3.05, 3.63) is 18.7 Å². The number of ether oxygens (including phenoxy) is 1. The van der Waals surface area contributed by atoms with Crippen molar-refractivity contribution < 1.29 is 9.53 Å². The molecular weight excluding hydrogens is 182 g/mol. The maximum atomic E-state index is 11.4. The van der Waals surface area contributed by atoms with Crippen LogP contribution in [0.4, 0.5) is 0 Å². The van der Waals surface area contributed by atoms with Gasteiger partial charge < -0.3 is 14.6 Å². The molecule has 0 saturated heterocycles. The van der Waals surface area contributed by atoms with Crippen LogP contribution in [0.25, 0.3) is 0 Å². The molecule has 0 amide bonds. The first-order valence-electron chi connectivity index (χ1n) is 4.43. The Bertz CT molecular complexity index is 284. The molecule has 0 aliphatic rings. The molecule has 0 aliphatic heterocycles. The highest BCUT2D eigenvalue weighted by molar-refractivity contribution is 5.76. The monoisotopic (exact) mass is 197 g/mol. The zero-order valence-electron chi connectivity index (χ0n) is 8.60. The van der Waals surface area contributed by atoms with Gasteiger partial charge in [0.15, 0.2) is 0 Å². The van der Waals surface area contributed by atoms with Crippen molar-refractivity contribution in [3.8, 4) is 0 Å². The predicted molar refractivity (Wildman–Crippen MR) is 51.8 cm³/mol. The average Bonchev–Trinajstić information content (AvgIpc) is 2.71. The summed E-state index contributed by atoms with van der Waals surface area (Å²) in [5, 5.41) is 2.92. The standard InChI is InChI=1S/C9H15N3O2/c1-7(12-5-4-11-6-12)8(10-2)9(13)14-3/h4-8,10H,1-3H3. The van der Waals surface area contributed by atoms with Crippen LogP contribution >= 0.6 is 0 Å². The summed E-state index contributed by atoms with van der Waals surface area (Å²) in [5.74, 6) is -0.270. The van der Waals surface area contributed by atoms with Gasteiger partial charge in [-0.2, -0.15) is 0 Å². The van der Waals surface area contributed by atoms with E-state index in [-0.39, 0.29) is 18.1 Å². The first-order chi connectivity index (χ1) is 6.70. The van der Waals surface area contributed by atoms with Crippen molar-refractivity contribution in [1.29, 1.82) is 0 Å². The molecule has 1 heterocycles. The summed E-state index contributed by atoms with van der Waals surface area (Å²) in [5.41, 5.74) is 0. The molecule has 0 spiro atoms. The van der Waals surface area contributed by atoms with Crippen molar-refractivity contribution in [1.82, 2.24) is 14.9 Å². The highest BCUT2D eigenvalue weighted by atomic mass is 16.5. The summed E-state index contributed by atoms with van der Waals surface area (Å²) < 4.78 is 6.55. The predicted octanol–water partition coefficient (Wildman–Crippen LogP) is 0.205. The van der Waals surface area contributed by atoms with E-state index in [1.54, 1.807) is 19.6 Å². The summed E-state index contributed by atoms with van der Waals surface area (Å²) in [6.07, 6.45) is 5.18. The Kier molecular flexibility index (Phi) is 3.64. The number of methoxy groups -OCH3 is 1. The molecule has 0 bridgehead atoms. The topological polar surface area (TPSA) is 56.1 Å². The van der Waals surface area contributed by atoms with E-state index in [9.17, 15) is 4.79 Å². The first-order valence-corrected chi connectivity index (χ1v) is 4.43. The van der Waals surface area contributed by atoms with E-state index in [0.717, 1.165) is 0 Å². The Balaban J connectivity index is 2.75. The second-order valence-corrected chi connectivity index (χ2v) is 3.04. The van der Waals surface area contributed by atoms with Crippen molar-refractivity contribution in [3.63, 3.8) is 0 Å². The fraction of sp³-hybridized carbons (Fsp3) is 0.556. The number of nitrogens with zero attached hydrogens (tertiary/aromatic N) is 2. The lowest BCUT2D eigenvalue weighted by atomic mass is 10.1. The second-order valence-electron chi connectivity index (χ2n) is 3.04. The summed E-state index contributed by atoms with van der Waals surface area (Å²) >= 11 is 0. The molecule has 0 saturated carbocycles. The molecule has 14 heavy (non-hydrogen) atoms. The van der Waals surface area contributed by atoms with Gasteiger partial charge in [0.25, 0.3) is 0 Å². The molecule has 78 valence electrons. The minimum absolute atomic E-state index is 0.0186. The molecule has 1 rings (SSSR count). The second kappa shape index (κ2) is 4.76. The minimum Gasteiger partial charge on any atom is -0.468 e. The number of aromatic nitrogens is 2. The Morgan fingerprint density at radius 1 is 1.64 bits per heavy atom. The van der Waals surface area contributed by atoms with Gasteiger partial charge in [-0.3, -0.25) is 4.79 Å². The highest BCUT2D eigenvalue weighted by Crippen LogP contribution is 2.11. The molecule has 0 radical (unpaired) electrons. The van der Waals surface area contributed by atoms with E-state index in [4.69, 9.17) is 0 Å². The summed E-state index contributed by atoms with van der Waals surface area (Å²) in [6.45, 7) is 1.93. The van der Waals surface area contributed by atoms with Crippen LogP contribution in [-0.4, -0.2) is 35.7 Å². The molecule has 0 aliphatic carbocycles. The largest absolute Gasteiger partial charge is 0.468 e. The Hall–Kier alpha value is -1.36. The molecule has 2 unspecified atom stereocenters. The quantitative estimate of drug-likeness (QED) is 0.701. The van der Waals surface area contributed by atoms with Gasteiger partial charge in [-0.1, -0.05) is 0 Å². The molecule has 1 aromatic heterocycles. The van der Waals surface area contributed by atoms with Gasteiger partial charge in [-0.15, -0.1) is 0 Å². The van der Waals surface area contributed by atoms with E-state index in [1.807, 2.05) is 17.7 Å². The smallest absolute Gasteiger partial charge is 0.325 e. The maximum Gasteiger partial charge on any atom is 0.325 e. The third kappa shape index (κ3) is 2.11. The molecule has 1 N–H and O–H groups in total. The van der Waals surface area contributed by atoms with Gasteiger partial charge in [0.1, 0.15) is 6.04 Å². The highest BCUT2D eigenvalue weighted by Gasteiger charge is 2.24. The lowest BCUT2D eigenvalue weighted by Crippen LogP contribution is -2.41. The van der Waals surface area contributed by atoms with Crippen molar-refractivity contribution in [2.45, 2.75) is 19.0 Å². The summed E-state index contributed by atoms with van der Waals surface area (Å²) in [7, 11) is 3.11. The van der Waals surface area contributed by atoms with Crippen LogP contribution in [0.15, 0.2) is 18.7 Å². The number of nitrogens with one attached hydrogen (secondary N) is 1. The Morgan fingerprint density at radius 3 is 2.79 bits per heavy atom. The number of esters is 1. The van der Waals surface area contributed by atoms with Gasteiger partial charge in [0.05, 0.1) is 19.5 Å². The molecule has 1 aromatic rings. The van der Waals surface area contributed by atoms with Crippen molar-refractivity contribution in [2.24, 2.45) is 0 Å². The van der Waals surface area contributed by atoms with Crippen LogP contribution in [0.3, 0.4) is 0 Å².